The fourth-order valence-electron chi connectivity index (χ4n) is 2.86. The summed E-state index contributed by atoms with van der Waals surface area (Å²) in [6.07, 6.45) is 0. The van der Waals surface area contributed by atoms with Gasteiger partial charge in [-0.15, -0.1) is 0 Å². The van der Waals surface area contributed by atoms with E-state index in [0.29, 0.717) is 35.4 Å². The van der Waals surface area contributed by atoms with Gasteiger partial charge in [-0.1, -0.05) is 30.3 Å². The number of hydrogen-bond donors (Lipinski definition) is 1. The lowest BCUT2D eigenvalue weighted by Crippen LogP contribution is -2.22. The van der Waals surface area contributed by atoms with Gasteiger partial charge in [0.2, 0.25) is 5.95 Å². The molecule has 0 atom stereocenters. The topological polar surface area (TPSA) is 76.6 Å². The van der Waals surface area contributed by atoms with Gasteiger partial charge in [-0.25, -0.2) is 9.97 Å². The van der Waals surface area contributed by atoms with Crippen LogP contribution in [-0.2, 0) is 6.54 Å². The zero-order chi connectivity index (χ0) is 20.8. The minimum absolute atomic E-state index is 0.283. The molecule has 150 valence electrons. The first-order valence-corrected chi connectivity index (χ1v) is 9.14. The monoisotopic (exact) mass is 392 g/mol. The lowest BCUT2D eigenvalue weighted by Gasteiger charge is -2.18. The lowest BCUT2D eigenvalue weighted by atomic mass is 10.2. The molecule has 0 radical (unpaired) electrons. The number of aryl methyl sites for hydroxylation is 1. The molecule has 7 heteroatoms. The van der Waals surface area contributed by atoms with Crippen molar-refractivity contribution >= 4 is 17.5 Å². The Balaban J connectivity index is 1.81. The number of nitrogens with one attached hydrogen (secondary N) is 1. The third-order valence-electron chi connectivity index (χ3n) is 4.34. The van der Waals surface area contributed by atoms with E-state index in [9.17, 15) is 4.79 Å². The van der Waals surface area contributed by atoms with E-state index in [2.05, 4.69) is 15.3 Å². The van der Waals surface area contributed by atoms with Crippen molar-refractivity contribution in [2.75, 3.05) is 31.5 Å². The van der Waals surface area contributed by atoms with Crippen LogP contribution in [0.2, 0.25) is 0 Å². The number of hydrogen-bond acceptors (Lipinski definition) is 6. The van der Waals surface area contributed by atoms with Gasteiger partial charge in [0.15, 0.2) is 0 Å². The Labute approximate surface area is 170 Å². The second kappa shape index (κ2) is 9.05. The van der Waals surface area contributed by atoms with Crippen LogP contribution in [-0.4, -0.2) is 37.1 Å². The Morgan fingerprint density at radius 3 is 2.48 bits per heavy atom. The van der Waals surface area contributed by atoms with Gasteiger partial charge in [0.1, 0.15) is 17.2 Å². The first-order chi connectivity index (χ1) is 14.0. The second-order valence-corrected chi connectivity index (χ2v) is 6.56. The zero-order valence-corrected chi connectivity index (χ0v) is 17.0. The van der Waals surface area contributed by atoms with Crippen LogP contribution in [0.4, 0.5) is 11.6 Å². The second-order valence-electron chi connectivity index (χ2n) is 6.56. The third kappa shape index (κ3) is 5.01. The molecule has 0 fully saturated rings. The van der Waals surface area contributed by atoms with E-state index >= 15 is 0 Å². The molecular formula is C22H24N4O3. The van der Waals surface area contributed by atoms with Gasteiger partial charge in [0.25, 0.3) is 5.91 Å². The summed E-state index contributed by atoms with van der Waals surface area (Å²) < 4.78 is 10.5. The maximum atomic E-state index is 12.8. The summed E-state index contributed by atoms with van der Waals surface area (Å²) in [5.74, 6) is 1.29. The normalized spacial score (nSPS) is 10.3. The molecule has 0 aliphatic heterocycles. The molecule has 3 aromatic rings. The Morgan fingerprint density at radius 2 is 1.79 bits per heavy atom. The van der Waals surface area contributed by atoms with E-state index in [-0.39, 0.29) is 11.6 Å². The predicted molar refractivity (Wildman–Crippen MR) is 113 cm³/mol. The van der Waals surface area contributed by atoms with Crippen molar-refractivity contribution in [3.63, 3.8) is 0 Å². The van der Waals surface area contributed by atoms with Crippen molar-refractivity contribution in [3.8, 4) is 11.5 Å². The van der Waals surface area contributed by atoms with Crippen molar-refractivity contribution in [2.45, 2.75) is 13.5 Å². The van der Waals surface area contributed by atoms with E-state index in [1.807, 2.05) is 49.2 Å². The van der Waals surface area contributed by atoms with E-state index in [1.54, 1.807) is 31.4 Å². The SMILES string of the molecule is COc1ccc(NC(=O)c2cc(C)nc(N(C)Cc3ccccc3)n2)c(OC)c1. The molecule has 0 aliphatic rings. The van der Waals surface area contributed by atoms with Gasteiger partial charge in [-0.2, -0.15) is 0 Å². The van der Waals surface area contributed by atoms with Crippen LogP contribution >= 0.6 is 0 Å². The average Bonchev–Trinajstić information content (AvgIpc) is 2.74. The number of anilines is 2. The van der Waals surface area contributed by atoms with Crippen LogP contribution in [0, 0.1) is 6.92 Å². The van der Waals surface area contributed by atoms with Crippen molar-refractivity contribution in [1.82, 2.24) is 9.97 Å². The first-order valence-electron chi connectivity index (χ1n) is 9.14. The summed E-state index contributed by atoms with van der Waals surface area (Å²) in [7, 11) is 5.01. The molecule has 1 amide bonds. The number of carbonyl (C=O) groups is 1. The lowest BCUT2D eigenvalue weighted by molar-refractivity contribution is 0.102. The van der Waals surface area contributed by atoms with E-state index in [0.717, 1.165) is 5.56 Å². The van der Waals surface area contributed by atoms with Crippen LogP contribution < -0.4 is 19.7 Å². The molecule has 0 aliphatic carbocycles. The third-order valence-corrected chi connectivity index (χ3v) is 4.34. The molecule has 7 nitrogen and oxygen atoms in total. The van der Waals surface area contributed by atoms with Crippen LogP contribution in [0.15, 0.2) is 54.6 Å². The summed E-state index contributed by atoms with van der Waals surface area (Å²) >= 11 is 0. The van der Waals surface area contributed by atoms with E-state index in [4.69, 9.17) is 9.47 Å². The standard InChI is InChI=1S/C22H24N4O3/c1-15-12-19(21(27)24-18-11-10-17(28-3)13-20(18)29-4)25-22(23-15)26(2)14-16-8-6-5-7-9-16/h5-13H,14H2,1-4H3,(H,24,27). The number of ether oxygens (including phenoxy) is 2. The maximum absolute atomic E-state index is 12.8. The number of nitrogens with zero attached hydrogens (tertiary/aromatic N) is 3. The average molecular weight is 392 g/mol. The van der Waals surface area contributed by atoms with Gasteiger partial charge in [0, 0.05) is 25.4 Å². The largest absolute Gasteiger partial charge is 0.497 e. The predicted octanol–water partition coefficient (Wildman–Crippen LogP) is 3.69. The molecular weight excluding hydrogens is 368 g/mol. The van der Waals surface area contributed by atoms with Crippen molar-refractivity contribution < 1.29 is 14.3 Å². The van der Waals surface area contributed by atoms with Gasteiger partial charge < -0.3 is 19.7 Å². The van der Waals surface area contributed by atoms with E-state index < -0.39 is 0 Å². The molecule has 1 heterocycles. The van der Waals surface area contributed by atoms with Crippen LogP contribution in [0.3, 0.4) is 0 Å². The number of amides is 1. The summed E-state index contributed by atoms with van der Waals surface area (Å²) in [4.78, 5) is 23.6. The fourth-order valence-corrected chi connectivity index (χ4v) is 2.86. The highest BCUT2D eigenvalue weighted by atomic mass is 16.5. The Hall–Kier alpha value is -3.61. The first kappa shape index (κ1) is 20.1. The molecule has 1 aromatic heterocycles. The van der Waals surface area contributed by atoms with Gasteiger partial charge in [-0.05, 0) is 30.7 Å². The number of carbonyl (C=O) groups excluding carboxylic acids is 1. The van der Waals surface area contributed by atoms with Crippen molar-refractivity contribution in [1.29, 1.82) is 0 Å². The Morgan fingerprint density at radius 1 is 1.03 bits per heavy atom. The molecule has 1 N–H and O–H groups in total. The Bertz CT molecular complexity index is 993. The molecule has 0 unspecified atom stereocenters. The molecule has 0 bridgehead atoms. The van der Waals surface area contributed by atoms with Gasteiger partial charge in [0.05, 0.1) is 19.9 Å². The highest BCUT2D eigenvalue weighted by Crippen LogP contribution is 2.29. The summed E-state index contributed by atoms with van der Waals surface area (Å²) in [6.45, 7) is 2.48. The quantitative estimate of drug-likeness (QED) is 0.661. The van der Waals surface area contributed by atoms with Crippen molar-refractivity contribution in [2.24, 2.45) is 0 Å². The maximum Gasteiger partial charge on any atom is 0.274 e. The van der Waals surface area contributed by atoms with Crippen LogP contribution in [0.1, 0.15) is 21.7 Å². The Kier molecular flexibility index (Phi) is 6.29. The van der Waals surface area contributed by atoms with Gasteiger partial charge >= 0.3 is 0 Å². The number of methoxy groups -OCH3 is 2. The number of benzene rings is 2. The van der Waals surface area contributed by atoms with Crippen LogP contribution in [0.5, 0.6) is 11.5 Å². The fraction of sp³-hybridized carbons (Fsp3) is 0.227. The summed E-state index contributed by atoms with van der Waals surface area (Å²) in [5, 5.41) is 2.84. The van der Waals surface area contributed by atoms with Gasteiger partial charge in [-0.3, -0.25) is 4.79 Å². The highest BCUT2D eigenvalue weighted by Gasteiger charge is 2.15. The summed E-state index contributed by atoms with van der Waals surface area (Å²) in [5.41, 5.74) is 2.66. The number of rotatable bonds is 7. The smallest absolute Gasteiger partial charge is 0.274 e. The molecule has 2 aromatic carbocycles. The minimum Gasteiger partial charge on any atom is -0.497 e. The minimum atomic E-state index is -0.340. The molecule has 0 saturated heterocycles. The number of aromatic nitrogens is 2. The van der Waals surface area contributed by atoms with E-state index in [1.165, 1.54) is 7.11 Å². The highest BCUT2D eigenvalue weighted by molar-refractivity contribution is 6.04. The molecule has 29 heavy (non-hydrogen) atoms. The summed E-state index contributed by atoms with van der Waals surface area (Å²) in [6, 6.07) is 16.9. The van der Waals surface area contributed by atoms with Crippen LogP contribution in [0.25, 0.3) is 0 Å². The van der Waals surface area contributed by atoms with Crippen molar-refractivity contribution in [3.05, 3.63) is 71.5 Å². The molecule has 0 saturated carbocycles. The zero-order valence-electron chi connectivity index (χ0n) is 17.0. The molecule has 0 spiro atoms. The molecule has 3 rings (SSSR count).